The van der Waals surface area contributed by atoms with Gasteiger partial charge in [0.1, 0.15) is 0 Å². The third kappa shape index (κ3) is 4.50. The molecule has 0 bridgehead atoms. The van der Waals surface area contributed by atoms with Gasteiger partial charge in [-0.3, -0.25) is 4.98 Å². The number of aromatic nitrogens is 2. The Labute approximate surface area is 113 Å². The lowest BCUT2D eigenvalue weighted by Crippen LogP contribution is -1.98. The van der Waals surface area contributed by atoms with E-state index in [9.17, 15) is 4.79 Å². The van der Waals surface area contributed by atoms with Gasteiger partial charge in [-0.2, -0.15) is 0 Å². The first-order chi connectivity index (χ1) is 9.29. The predicted molar refractivity (Wildman–Crippen MR) is 76.6 cm³/mol. The molecule has 0 aromatic carbocycles. The zero-order valence-electron chi connectivity index (χ0n) is 11.5. The second-order valence-electron chi connectivity index (χ2n) is 3.36. The van der Waals surface area contributed by atoms with Gasteiger partial charge in [0.05, 0.1) is 23.3 Å². The molecule has 2 aromatic rings. The lowest BCUT2D eigenvalue weighted by Gasteiger charge is -1.98. The SMILES string of the molecule is CC.CCOC(=O)/C=C/c1ccc2ncccc2n1. The van der Waals surface area contributed by atoms with Gasteiger partial charge in [0.25, 0.3) is 0 Å². The molecule has 0 aliphatic carbocycles. The molecule has 2 rings (SSSR count). The summed E-state index contributed by atoms with van der Waals surface area (Å²) in [6, 6.07) is 7.39. The van der Waals surface area contributed by atoms with Crippen molar-refractivity contribution in [3.63, 3.8) is 0 Å². The third-order valence-electron chi connectivity index (χ3n) is 2.15. The minimum absolute atomic E-state index is 0.361. The standard InChI is InChI=1S/C13H12N2O2.C2H6/c1-2-17-13(16)8-6-10-5-7-11-12(15-10)4-3-9-14-11;1-2/h3-9H,2H2,1H3;1-2H3/b8-6+;. The van der Waals surface area contributed by atoms with Crippen molar-refractivity contribution < 1.29 is 9.53 Å². The fourth-order valence-electron chi connectivity index (χ4n) is 1.41. The van der Waals surface area contributed by atoms with E-state index in [0.29, 0.717) is 12.3 Å². The van der Waals surface area contributed by atoms with Crippen LogP contribution in [-0.4, -0.2) is 22.5 Å². The van der Waals surface area contributed by atoms with E-state index in [0.717, 1.165) is 11.0 Å². The van der Waals surface area contributed by atoms with Gasteiger partial charge < -0.3 is 4.74 Å². The van der Waals surface area contributed by atoms with Crippen molar-refractivity contribution in [1.82, 2.24) is 9.97 Å². The normalized spacial score (nSPS) is 10.1. The molecule has 2 aromatic heterocycles. The van der Waals surface area contributed by atoms with Crippen LogP contribution in [0, 0.1) is 0 Å². The average Bonchev–Trinajstić information content (AvgIpc) is 2.47. The maximum absolute atomic E-state index is 11.1. The number of hydrogen-bond acceptors (Lipinski definition) is 4. The summed E-state index contributed by atoms with van der Waals surface area (Å²) in [5.74, 6) is -0.361. The number of fused-ring (bicyclic) bond motifs is 1. The van der Waals surface area contributed by atoms with Crippen LogP contribution in [0.1, 0.15) is 26.5 Å². The molecular formula is C15H18N2O2. The summed E-state index contributed by atoms with van der Waals surface area (Å²) in [7, 11) is 0. The summed E-state index contributed by atoms with van der Waals surface area (Å²) >= 11 is 0. The second kappa shape index (κ2) is 7.97. The van der Waals surface area contributed by atoms with Crippen molar-refractivity contribution in [3.8, 4) is 0 Å². The van der Waals surface area contributed by atoms with Crippen LogP contribution in [0.4, 0.5) is 0 Å². The summed E-state index contributed by atoms with van der Waals surface area (Å²) in [6.07, 6.45) is 4.72. The van der Waals surface area contributed by atoms with Gasteiger partial charge in [-0.05, 0) is 37.3 Å². The Balaban J connectivity index is 0.000000861. The van der Waals surface area contributed by atoms with Crippen molar-refractivity contribution in [2.24, 2.45) is 0 Å². The molecule has 0 radical (unpaired) electrons. The minimum atomic E-state index is -0.361. The van der Waals surface area contributed by atoms with Gasteiger partial charge in [0.2, 0.25) is 0 Å². The zero-order chi connectivity index (χ0) is 14.1. The van der Waals surface area contributed by atoms with Gasteiger partial charge >= 0.3 is 5.97 Å². The van der Waals surface area contributed by atoms with Crippen LogP contribution in [0.3, 0.4) is 0 Å². The van der Waals surface area contributed by atoms with Crippen LogP contribution in [0.2, 0.25) is 0 Å². The molecule has 0 amide bonds. The van der Waals surface area contributed by atoms with E-state index in [-0.39, 0.29) is 5.97 Å². The molecule has 0 atom stereocenters. The number of carbonyl (C=O) groups is 1. The Bertz CT molecular complexity index is 565. The van der Waals surface area contributed by atoms with Crippen LogP contribution in [-0.2, 0) is 9.53 Å². The number of carbonyl (C=O) groups excluding carboxylic acids is 1. The predicted octanol–water partition coefficient (Wildman–Crippen LogP) is 3.23. The first kappa shape index (κ1) is 14.8. The number of pyridine rings is 2. The van der Waals surface area contributed by atoms with Crippen molar-refractivity contribution >= 4 is 23.1 Å². The molecule has 0 unspecified atom stereocenters. The van der Waals surface area contributed by atoms with E-state index in [4.69, 9.17) is 4.74 Å². The molecule has 0 N–H and O–H groups in total. The van der Waals surface area contributed by atoms with E-state index < -0.39 is 0 Å². The fourth-order valence-corrected chi connectivity index (χ4v) is 1.41. The van der Waals surface area contributed by atoms with Gasteiger partial charge in [0, 0.05) is 12.3 Å². The summed E-state index contributed by atoms with van der Waals surface area (Å²) in [5.41, 5.74) is 2.35. The molecule has 0 aliphatic heterocycles. The highest BCUT2D eigenvalue weighted by molar-refractivity contribution is 5.87. The Morgan fingerprint density at radius 1 is 1.26 bits per heavy atom. The largest absolute Gasteiger partial charge is 0.463 e. The van der Waals surface area contributed by atoms with Crippen LogP contribution in [0.5, 0.6) is 0 Å². The Hall–Kier alpha value is -2.23. The molecule has 0 aliphatic rings. The quantitative estimate of drug-likeness (QED) is 0.626. The highest BCUT2D eigenvalue weighted by Crippen LogP contribution is 2.09. The molecule has 2 heterocycles. The third-order valence-corrected chi connectivity index (χ3v) is 2.15. The molecule has 0 saturated carbocycles. The van der Waals surface area contributed by atoms with Crippen molar-refractivity contribution in [3.05, 3.63) is 42.2 Å². The van der Waals surface area contributed by atoms with Gasteiger partial charge in [0.15, 0.2) is 0 Å². The van der Waals surface area contributed by atoms with Crippen molar-refractivity contribution in [2.75, 3.05) is 6.61 Å². The molecule has 0 saturated heterocycles. The maximum Gasteiger partial charge on any atom is 0.330 e. The molecule has 4 heteroatoms. The van der Waals surface area contributed by atoms with Crippen LogP contribution in [0.15, 0.2) is 36.5 Å². The number of ether oxygens (including phenoxy) is 1. The minimum Gasteiger partial charge on any atom is -0.463 e. The fraction of sp³-hybridized carbons (Fsp3) is 0.267. The van der Waals surface area contributed by atoms with E-state index in [1.165, 1.54) is 6.08 Å². The number of rotatable bonds is 3. The highest BCUT2D eigenvalue weighted by Gasteiger charge is 1.97. The molecule has 19 heavy (non-hydrogen) atoms. The van der Waals surface area contributed by atoms with E-state index in [1.54, 1.807) is 19.2 Å². The zero-order valence-corrected chi connectivity index (χ0v) is 11.5. The highest BCUT2D eigenvalue weighted by atomic mass is 16.5. The van der Waals surface area contributed by atoms with E-state index in [2.05, 4.69) is 9.97 Å². The molecular weight excluding hydrogens is 240 g/mol. The first-order valence-corrected chi connectivity index (χ1v) is 6.36. The van der Waals surface area contributed by atoms with Gasteiger partial charge in [-0.15, -0.1) is 0 Å². The van der Waals surface area contributed by atoms with E-state index in [1.807, 2.05) is 38.1 Å². The number of nitrogens with zero attached hydrogens (tertiary/aromatic N) is 2. The molecule has 0 fully saturated rings. The van der Waals surface area contributed by atoms with E-state index >= 15 is 0 Å². The lowest BCUT2D eigenvalue weighted by molar-refractivity contribution is -0.137. The Morgan fingerprint density at radius 2 is 2.05 bits per heavy atom. The Kier molecular flexibility index (Phi) is 6.22. The summed E-state index contributed by atoms with van der Waals surface area (Å²) < 4.78 is 4.79. The summed E-state index contributed by atoms with van der Waals surface area (Å²) in [4.78, 5) is 19.6. The van der Waals surface area contributed by atoms with Crippen LogP contribution in [0.25, 0.3) is 17.1 Å². The molecule has 0 spiro atoms. The van der Waals surface area contributed by atoms with Crippen LogP contribution >= 0.6 is 0 Å². The summed E-state index contributed by atoms with van der Waals surface area (Å²) in [6.45, 7) is 6.14. The first-order valence-electron chi connectivity index (χ1n) is 6.36. The topological polar surface area (TPSA) is 52.1 Å². The smallest absolute Gasteiger partial charge is 0.330 e. The lowest BCUT2D eigenvalue weighted by atomic mass is 10.2. The second-order valence-corrected chi connectivity index (χ2v) is 3.36. The summed E-state index contributed by atoms with van der Waals surface area (Å²) in [5, 5.41) is 0. The Morgan fingerprint density at radius 3 is 2.79 bits per heavy atom. The molecule has 4 nitrogen and oxygen atoms in total. The maximum atomic E-state index is 11.1. The number of hydrogen-bond donors (Lipinski definition) is 0. The monoisotopic (exact) mass is 258 g/mol. The molecule has 100 valence electrons. The average molecular weight is 258 g/mol. The van der Waals surface area contributed by atoms with Gasteiger partial charge in [-0.1, -0.05) is 13.8 Å². The number of esters is 1. The van der Waals surface area contributed by atoms with Gasteiger partial charge in [-0.25, -0.2) is 9.78 Å². The van der Waals surface area contributed by atoms with Crippen molar-refractivity contribution in [1.29, 1.82) is 0 Å². The van der Waals surface area contributed by atoms with Crippen LogP contribution < -0.4 is 0 Å². The van der Waals surface area contributed by atoms with Crippen molar-refractivity contribution in [2.45, 2.75) is 20.8 Å².